The summed E-state index contributed by atoms with van der Waals surface area (Å²) in [6.45, 7) is 0.111. The fourth-order valence-corrected chi connectivity index (χ4v) is 3.29. The Hall–Kier alpha value is -2.48. The lowest BCUT2D eigenvalue weighted by molar-refractivity contribution is -0.126. The summed E-state index contributed by atoms with van der Waals surface area (Å²) in [4.78, 5) is 23.9. The third kappa shape index (κ3) is 7.09. The molecule has 156 valence electrons. The smallest absolute Gasteiger partial charge is 0.249 e. The van der Waals surface area contributed by atoms with E-state index < -0.39 is 18.2 Å². The molecule has 0 fully saturated rings. The van der Waals surface area contributed by atoms with Gasteiger partial charge in [0.15, 0.2) is 11.5 Å². The number of benzene rings is 2. The minimum Gasteiger partial charge on any atom is -0.493 e. The van der Waals surface area contributed by atoms with Crippen LogP contribution in [0.4, 0.5) is 5.69 Å². The number of carbonyl (C=O) groups is 2. The van der Waals surface area contributed by atoms with Gasteiger partial charge in [-0.25, -0.2) is 5.43 Å². The zero-order valence-electron chi connectivity index (χ0n) is 15.7. The van der Waals surface area contributed by atoms with Crippen LogP contribution in [0.25, 0.3) is 0 Å². The van der Waals surface area contributed by atoms with E-state index in [0.717, 1.165) is 3.57 Å². The van der Waals surface area contributed by atoms with Gasteiger partial charge < -0.3 is 14.8 Å². The van der Waals surface area contributed by atoms with Crippen molar-refractivity contribution in [3.8, 4) is 23.8 Å². The van der Waals surface area contributed by atoms with Gasteiger partial charge in [0.1, 0.15) is 13.0 Å². The summed E-state index contributed by atoms with van der Waals surface area (Å²) in [6, 6.07) is 8.07. The molecule has 2 aromatic carbocycles. The highest BCUT2D eigenvalue weighted by Crippen LogP contribution is 2.33. The van der Waals surface area contributed by atoms with Gasteiger partial charge in [0.25, 0.3) is 0 Å². The molecule has 0 heterocycles. The molecule has 0 spiro atoms. The van der Waals surface area contributed by atoms with Gasteiger partial charge >= 0.3 is 0 Å². The van der Waals surface area contributed by atoms with Gasteiger partial charge in [-0.1, -0.05) is 29.1 Å². The number of anilines is 1. The van der Waals surface area contributed by atoms with E-state index >= 15 is 0 Å². The molecule has 0 aliphatic rings. The maximum atomic E-state index is 12.0. The van der Waals surface area contributed by atoms with Gasteiger partial charge in [-0.3, -0.25) is 9.59 Å². The Morgan fingerprint density at radius 3 is 2.67 bits per heavy atom. The summed E-state index contributed by atoms with van der Waals surface area (Å²) in [5, 5.41) is 7.08. The molecule has 0 unspecified atom stereocenters. The standard InChI is InChI=1S/C20H16Cl2IN3O4/c1-3-6-30-20-16(23)7-12(8-17(20)29-2)11-24-26-19(28)10-18(27)25-13-4-5-14(21)15(22)9-13/h1,4-5,7-9,11H,6,10H2,2H3,(H,25,27)(H,26,28). The monoisotopic (exact) mass is 559 g/mol. The van der Waals surface area contributed by atoms with E-state index in [1.54, 1.807) is 24.3 Å². The van der Waals surface area contributed by atoms with E-state index in [1.807, 2.05) is 0 Å². The average molecular weight is 560 g/mol. The van der Waals surface area contributed by atoms with E-state index in [1.165, 1.54) is 19.4 Å². The molecule has 0 saturated carbocycles. The predicted molar refractivity (Wildman–Crippen MR) is 125 cm³/mol. The van der Waals surface area contributed by atoms with Crippen LogP contribution < -0.4 is 20.2 Å². The number of nitrogens with zero attached hydrogens (tertiary/aromatic N) is 1. The van der Waals surface area contributed by atoms with Crippen LogP contribution in [0.2, 0.25) is 10.0 Å². The summed E-state index contributed by atoms with van der Waals surface area (Å²) in [5.41, 5.74) is 3.38. The second-order valence-corrected chi connectivity index (χ2v) is 7.65. The van der Waals surface area contributed by atoms with Crippen LogP contribution >= 0.6 is 45.8 Å². The Labute approximate surface area is 197 Å². The SMILES string of the molecule is C#CCOc1c(I)cc(C=NNC(=O)CC(=O)Nc2ccc(Cl)c(Cl)c2)cc1OC. The summed E-state index contributed by atoms with van der Waals surface area (Å²) >= 11 is 13.8. The van der Waals surface area contributed by atoms with Crippen molar-refractivity contribution in [2.75, 3.05) is 19.0 Å². The number of halogens is 3. The van der Waals surface area contributed by atoms with E-state index in [2.05, 4.69) is 44.4 Å². The number of nitrogens with one attached hydrogen (secondary N) is 2. The molecular weight excluding hydrogens is 544 g/mol. The summed E-state index contributed by atoms with van der Waals surface area (Å²) in [5.74, 6) is 2.29. The molecule has 0 radical (unpaired) electrons. The first-order chi connectivity index (χ1) is 14.3. The molecule has 0 bridgehead atoms. The normalized spacial score (nSPS) is 10.4. The Morgan fingerprint density at radius 2 is 2.00 bits per heavy atom. The molecule has 0 aromatic heterocycles. The van der Waals surface area contributed by atoms with E-state index in [9.17, 15) is 9.59 Å². The molecule has 2 N–H and O–H groups in total. The zero-order chi connectivity index (χ0) is 22.1. The molecule has 7 nitrogen and oxygen atoms in total. The summed E-state index contributed by atoms with van der Waals surface area (Å²) < 4.78 is 11.5. The molecule has 30 heavy (non-hydrogen) atoms. The molecule has 0 saturated heterocycles. The first-order valence-corrected chi connectivity index (χ1v) is 10.2. The van der Waals surface area contributed by atoms with Crippen LogP contribution in [-0.2, 0) is 9.59 Å². The van der Waals surface area contributed by atoms with Crippen molar-refractivity contribution in [2.45, 2.75) is 6.42 Å². The predicted octanol–water partition coefficient (Wildman–Crippen LogP) is 4.10. The van der Waals surface area contributed by atoms with E-state index in [0.29, 0.717) is 32.8 Å². The molecule has 0 atom stereocenters. The molecule has 0 aliphatic heterocycles. The highest BCUT2D eigenvalue weighted by atomic mass is 127. The number of terminal acetylenes is 1. The van der Waals surface area contributed by atoms with E-state index in [-0.39, 0.29) is 6.61 Å². The van der Waals surface area contributed by atoms with Gasteiger partial charge in [-0.05, 0) is 58.5 Å². The van der Waals surface area contributed by atoms with Crippen LogP contribution in [0.3, 0.4) is 0 Å². The number of hydrogen-bond donors (Lipinski definition) is 2. The number of hydrazone groups is 1. The Bertz CT molecular complexity index is 1020. The quantitative estimate of drug-likeness (QED) is 0.168. The number of carbonyl (C=O) groups excluding carboxylic acids is 2. The lowest BCUT2D eigenvalue weighted by Crippen LogP contribution is -2.24. The number of amides is 2. The van der Waals surface area contributed by atoms with Gasteiger partial charge in [0.2, 0.25) is 11.8 Å². The minimum atomic E-state index is -0.584. The van der Waals surface area contributed by atoms with Crippen molar-refractivity contribution >= 4 is 69.5 Å². The highest BCUT2D eigenvalue weighted by molar-refractivity contribution is 14.1. The van der Waals surface area contributed by atoms with Crippen LogP contribution in [0.5, 0.6) is 11.5 Å². The molecule has 2 amide bonds. The van der Waals surface area contributed by atoms with Crippen molar-refractivity contribution in [2.24, 2.45) is 5.10 Å². The molecule has 10 heteroatoms. The topological polar surface area (TPSA) is 89.0 Å². The van der Waals surface area contributed by atoms with Crippen molar-refractivity contribution in [3.63, 3.8) is 0 Å². The fourth-order valence-electron chi connectivity index (χ4n) is 2.21. The van der Waals surface area contributed by atoms with Crippen molar-refractivity contribution in [3.05, 3.63) is 49.5 Å². The molecule has 0 aliphatic carbocycles. The first-order valence-electron chi connectivity index (χ1n) is 8.34. The third-order valence-corrected chi connectivity index (χ3v) is 5.02. The average Bonchev–Trinajstić information content (AvgIpc) is 2.69. The lowest BCUT2D eigenvalue weighted by atomic mass is 10.2. The van der Waals surface area contributed by atoms with Crippen molar-refractivity contribution < 1.29 is 19.1 Å². The second-order valence-electron chi connectivity index (χ2n) is 5.67. The van der Waals surface area contributed by atoms with Crippen molar-refractivity contribution in [1.82, 2.24) is 5.43 Å². The Kier molecular flexibility index (Phi) is 9.23. The summed E-state index contributed by atoms with van der Waals surface area (Å²) in [7, 11) is 1.50. The van der Waals surface area contributed by atoms with Crippen LogP contribution in [0.15, 0.2) is 35.4 Å². The molecule has 2 aromatic rings. The van der Waals surface area contributed by atoms with Crippen LogP contribution in [0.1, 0.15) is 12.0 Å². The number of rotatable bonds is 8. The van der Waals surface area contributed by atoms with Crippen LogP contribution in [-0.4, -0.2) is 31.7 Å². The maximum absolute atomic E-state index is 12.0. The Morgan fingerprint density at radius 1 is 1.23 bits per heavy atom. The fraction of sp³-hybridized carbons (Fsp3) is 0.150. The lowest BCUT2D eigenvalue weighted by Gasteiger charge is -2.11. The van der Waals surface area contributed by atoms with Gasteiger partial charge in [-0.2, -0.15) is 5.10 Å². The Balaban J connectivity index is 1.93. The first kappa shape index (κ1) is 23.8. The number of ether oxygens (including phenoxy) is 2. The summed E-state index contributed by atoms with van der Waals surface area (Å²) in [6.07, 6.45) is 6.21. The maximum Gasteiger partial charge on any atom is 0.249 e. The van der Waals surface area contributed by atoms with Gasteiger partial charge in [0, 0.05) is 5.69 Å². The largest absolute Gasteiger partial charge is 0.493 e. The van der Waals surface area contributed by atoms with Gasteiger partial charge in [0.05, 0.1) is 26.9 Å². The molecule has 2 rings (SSSR count). The zero-order valence-corrected chi connectivity index (χ0v) is 19.3. The minimum absolute atomic E-state index is 0.111. The van der Waals surface area contributed by atoms with Crippen molar-refractivity contribution in [1.29, 1.82) is 0 Å². The molecular formula is C20H16Cl2IN3O4. The van der Waals surface area contributed by atoms with Crippen LogP contribution in [0, 0.1) is 15.9 Å². The van der Waals surface area contributed by atoms with E-state index in [4.69, 9.17) is 39.1 Å². The number of hydrogen-bond acceptors (Lipinski definition) is 5. The highest BCUT2D eigenvalue weighted by Gasteiger charge is 2.12. The second kappa shape index (κ2) is 11.6. The van der Waals surface area contributed by atoms with Gasteiger partial charge in [-0.15, -0.1) is 6.42 Å². The third-order valence-electron chi connectivity index (χ3n) is 3.48. The number of methoxy groups -OCH3 is 1.